The summed E-state index contributed by atoms with van der Waals surface area (Å²) in [4.78, 5) is 41.6. The van der Waals surface area contributed by atoms with Crippen molar-refractivity contribution in [2.45, 2.75) is 31.8 Å². The summed E-state index contributed by atoms with van der Waals surface area (Å²) < 4.78 is 5.83. The molecule has 2 aliphatic rings. The first kappa shape index (κ1) is 18.4. The molecule has 2 aromatic carbocycles. The average molecular weight is 403 g/mol. The third-order valence-corrected chi connectivity index (χ3v) is 5.96. The van der Waals surface area contributed by atoms with Gasteiger partial charge in [0.25, 0.3) is 5.91 Å². The minimum atomic E-state index is -1.36. The first-order chi connectivity index (χ1) is 14.4. The van der Waals surface area contributed by atoms with Crippen LogP contribution in [-0.2, 0) is 21.5 Å². The third-order valence-electron chi connectivity index (χ3n) is 5.96. The fourth-order valence-corrected chi connectivity index (χ4v) is 4.39. The van der Waals surface area contributed by atoms with E-state index < -0.39 is 17.5 Å². The number of para-hydroxylation sites is 2. The van der Waals surface area contributed by atoms with Crippen molar-refractivity contribution in [1.29, 1.82) is 0 Å². The summed E-state index contributed by atoms with van der Waals surface area (Å²) in [5.74, 6) is -0.443. The number of nitrogens with zero attached hydrogens (tertiary/aromatic N) is 2. The minimum absolute atomic E-state index is 0.0302. The molecule has 1 saturated heterocycles. The number of hydrogen-bond acceptors (Lipinski definition) is 4. The van der Waals surface area contributed by atoms with E-state index >= 15 is 0 Å². The van der Waals surface area contributed by atoms with E-state index in [4.69, 9.17) is 4.42 Å². The molecule has 7 nitrogen and oxygen atoms in total. The topological polar surface area (TPSA) is 82.9 Å². The molecule has 152 valence electrons. The van der Waals surface area contributed by atoms with Crippen LogP contribution in [-0.4, -0.2) is 35.3 Å². The fraction of sp³-hybridized carbons (Fsp3) is 0.261. The number of anilines is 1. The number of urea groups is 1. The van der Waals surface area contributed by atoms with Crippen LogP contribution < -0.4 is 10.2 Å². The second-order valence-electron chi connectivity index (χ2n) is 8.04. The van der Waals surface area contributed by atoms with E-state index in [-0.39, 0.29) is 18.5 Å². The summed E-state index contributed by atoms with van der Waals surface area (Å²) in [6, 6.07) is 16.2. The molecule has 1 fully saturated rings. The van der Waals surface area contributed by atoms with E-state index in [1.165, 1.54) is 0 Å². The number of hydrogen-bond donors (Lipinski definition) is 1. The second-order valence-corrected chi connectivity index (χ2v) is 8.04. The van der Waals surface area contributed by atoms with Crippen molar-refractivity contribution < 1.29 is 18.8 Å². The molecule has 0 unspecified atom stereocenters. The Balaban J connectivity index is 1.41. The first-order valence-electron chi connectivity index (χ1n) is 9.91. The van der Waals surface area contributed by atoms with Crippen LogP contribution in [0, 0.1) is 0 Å². The highest BCUT2D eigenvalue weighted by Crippen LogP contribution is 2.35. The van der Waals surface area contributed by atoms with Gasteiger partial charge in [0, 0.05) is 17.1 Å². The molecule has 2 atom stereocenters. The third kappa shape index (κ3) is 2.62. The largest absolute Gasteiger partial charge is 0.458 e. The molecule has 0 spiro atoms. The fourth-order valence-electron chi connectivity index (χ4n) is 4.39. The van der Waals surface area contributed by atoms with Gasteiger partial charge in [0.2, 0.25) is 5.91 Å². The van der Waals surface area contributed by atoms with Crippen LogP contribution in [0.5, 0.6) is 0 Å². The minimum Gasteiger partial charge on any atom is -0.458 e. The van der Waals surface area contributed by atoms with Crippen molar-refractivity contribution in [2.24, 2.45) is 0 Å². The zero-order chi connectivity index (χ0) is 21.0. The molecule has 5 rings (SSSR count). The molecule has 1 aromatic heterocycles. The highest BCUT2D eigenvalue weighted by molar-refractivity contribution is 6.11. The highest BCUT2D eigenvalue weighted by atomic mass is 16.3. The van der Waals surface area contributed by atoms with Crippen LogP contribution in [0.3, 0.4) is 0 Å². The molecule has 3 heterocycles. The predicted molar refractivity (Wildman–Crippen MR) is 111 cm³/mol. The maximum Gasteiger partial charge on any atom is 0.325 e. The van der Waals surface area contributed by atoms with E-state index in [1.807, 2.05) is 49.4 Å². The Bertz CT molecular complexity index is 1170. The molecule has 1 N–H and O–H groups in total. The summed E-state index contributed by atoms with van der Waals surface area (Å²) in [7, 11) is 0. The molecular weight excluding hydrogens is 382 g/mol. The first-order valence-corrected chi connectivity index (χ1v) is 9.91. The van der Waals surface area contributed by atoms with Crippen molar-refractivity contribution in [3.05, 3.63) is 65.9 Å². The molecule has 0 aliphatic carbocycles. The van der Waals surface area contributed by atoms with Crippen molar-refractivity contribution in [1.82, 2.24) is 10.2 Å². The summed E-state index contributed by atoms with van der Waals surface area (Å²) in [6.45, 7) is 3.24. The van der Waals surface area contributed by atoms with Crippen LogP contribution in [0.25, 0.3) is 11.0 Å². The van der Waals surface area contributed by atoms with Crippen molar-refractivity contribution in [2.75, 3.05) is 11.4 Å². The lowest BCUT2D eigenvalue weighted by molar-refractivity contribution is -0.134. The lowest BCUT2D eigenvalue weighted by atomic mass is 9.99. The average Bonchev–Trinajstić information content (AvgIpc) is 3.36. The SMILES string of the molecule is C[C@@H]1Cc2ccccc2N1C(=O)CN1C(=O)N[C@@](C)(c2cc3ccccc3o2)C1=O. The van der Waals surface area contributed by atoms with Crippen LogP contribution in [0.4, 0.5) is 10.5 Å². The zero-order valence-electron chi connectivity index (χ0n) is 16.7. The number of carbonyl (C=O) groups excluding carboxylic acids is 3. The molecule has 2 aliphatic heterocycles. The quantitative estimate of drug-likeness (QED) is 0.681. The lowest BCUT2D eigenvalue weighted by Gasteiger charge is -2.25. The van der Waals surface area contributed by atoms with E-state index in [0.717, 1.165) is 28.0 Å². The number of fused-ring (bicyclic) bond motifs is 2. The molecule has 3 aromatic rings. The number of furan rings is 1. The number of carbonyl (C=O) groups is 3. The number of benzene rings is 2. The van der Waals surface area contributed by atoms with Gasteiger partial charge in [0.15, 0.2) is 5.54 Å². The number of rotatable bonds is 3. The predicted octanol–water partition coefficient (Wildman–Crippen LogP) is 3.18. The van der Waals surface area contributed by atoms with Crippen LogP contribution in [0.15, 0.2) is 59.0 Å². The van der Waals surface area contributed by atoms with Gasteiger partial charge in [-0.2, -0.15) is 0 Å². The molecule has 7 heteroatoms. The Morgan fingerprint density at radius 2 is 1.90 bits per heavy atom. The second kappa shape index (κ2) is 6.45. The molecule has 0 saturated carbocycles. The van der Waals surface area contributed by atoms with Gasteiger partial charge in [0.05, 0.1) is 0 Å². The normalized spacial score (nSPS) is 23.2. The van der Waals surface area contributed by atoms with Gasteiger partial charge in [-0.1, -0.05) is 36.4 Å². The van der Waals surface area contributed by atoms with Crippen molar-refractivity contribution >= 4 is 34.5 Å². The Morgan fingerprint density at radius 1 is 1.17 bits per heavy atom. The number of imide groups is 1. The molecule has 0 radical (unpaired) electrons. The van der Waals surface area contributed by atoms with E-state index in [1.54, 1.807) is 24.0 Å². The van der Waals surface area contributed by atoms with Crippen molar-refractivity contribution in [3.63, 3.8) is 0 Å². The summed E-state index contributed by atoms with van der Waals surface area (Å²) in [5, 5.41) is 3.55. The Hall–Kier alpha value is -3.61. The van der Waals surface area contributed by atoms with Gasteiger partial charge in [-0.25, -0.2) is 4.79 Å². The van der Waals surface area contributed by atoms with E-state index in [9.17, 15) is 14.4 Å². The smallest absolute Gasteiger partial charge is 0.325 e. The van der Waals surface area contributed by atoms with Crippen LogP contribution in [0.1, 0.15) is 25.2 Å². The Morgan fingerprint density at radius 3 is 2.70 bits per heavy atom. The maximum atomic E-state index is 13.2. The highest BCUT2D eigenvalue weighted by Gasteiger charge is 2.52. The monoisotopic (exact) mass is 403 g/mol. The summed E-state index contributed by atoms with van der Waals surface area (Å²) in [6.07, 6.45) is 0.749. The van der Waals surface area contributed by atoms with Gasteiger partial charge < -0.3 is 14.6 Å². The van der Waals surface area contributed by atoms with Gasteiger partial charge in [-0.15, -0.1) is 0 Å². The standard InChI is InChI=1S/C23H21N3O4/c1-14-11-15-7-3-5-9-17(15)26(14)20(27)13-25-21(28)23(2,24-22(25)29)19-12-16-8-4-6-10-18(16)30-19/h3-10,12,14H,11,13H2,1-2H3,(H,24,29)/t14-,23+/m1/s1. The Kier molecular flexibility index (Phi) is 3.96. The molecule has 4 amide bonds. The van der Waals surface area contributed by atoms with E-state index in [2.05, 4.69) is 5.32 Å². The maximum absolute atomic E-state index is 13.2. The number of nitrogens with one attached hydrogen (secondary N) is 1. The Labute approximate surface area is 173 Å². The number of amides is 4. The summed E-state index contributed by atoms with van der Waals surface area (Å²) >= 11 is 0. The van der Waals surface area contributed by atoms with Gasteiger partial charge in [-0.05, 0) is 44.0 Å². The summed E-state index contributed by atoms with van der Waals surface area (Å²) in [5.41, 5.74) is 1.20. The van der Waals surface area contributed by atoms with Crippen LogP contribution in [0.2, 0.25) is 0 Å². The van der Waals surface area contributed by atoms with Crippen LogP contribution >= 0.6 is 0 Å². The lowest BCUT2D eigenvalue weighted by Crippen LogP contribution is -2.46. The van der Waals surface area contributed by atoms with Gasteiger partial charge in [-0.3, -0.25) is 14.5 Å². The molecule has 30 heavy (non-hydrogen) atoms. The van der Waals surface area contributed by atoms with Gasteiger partial charge in [0.1, 0.15) is 17.9 Å². The van der Waals surface area contributed by atoms with E-state index in [0.29, 0.717) is 11.3 Å². The van der Waals surface area contributed by atoms with Gasteiger partial charge >= 0.3 is 6.03 Å². The van der Waals surface area contributed by atoms with Crippen molar-refractivity contribution in [3.8, 4) is 0 Å². The molecular formula is C23H21N3O4. The molecule has 0 bridgehead atoms. The zero-order valence-corrected chi connectivity index (χ0v) is 16.7.